The quantitative estimate of drug-likeness (QED) is 0.526. The summed E-state index contributed by atoms with van der Waals surface area (Å²) in [6.07, 6.45) is 4.24. The highest BCUT2D eigenvalue weighted by Gasteiger charge is 2.14. The van der Waals surface area contributed by atoms with E-state index in [2.05, 4.69) is 18.8 Å². The summed E-state index contributed by atoms with van der Waals surface area (Å²) in [4.78, 5) is 14.9. The van der Waals surface area contributed by atoms with E-state index < -0.39 is 11.7 Å². The first-order valence-electron chi connectivity index (χ1n) is 5.57. The molecule has 0 unspecified atom stereocenters. The van der Waals surface area contributed by atoms with Gasteiger partial charge in [-0.15, -0.1) is 0 Å². The SMILES string of the molecule is CC(C)CCCC=NC(=O)OC(C)(C)C. The Labute approximate surface area is 92.9 Å². The number of unbranched alkanes of at least 4 members (excludes halogenated alkanes) is 1. The van der Waals surface area contributed by atoms with Crippen LogP contribution in [0.2, 0.25) is 0 Å². The van der Waals surface area contributed by atoms with Crippen molar-refractivity contribution in [3.8, 4) is 0 Å². The number of nitrogens with zero attached hydrogens (tertiary/aromatic N) is 1. The largest absolute Gasteiger partial charge is 0.442 e. The minimum Gasteiger partial charge on any atom is -0.442 e. The van der Waals surface area contributed by atoms with Gasteiger partial charge in [-0.1, -0.05) is 20.3 Å². The molecular weight excluding hydrogens is 190 g/mol. The summed E-state index contributed by atoms with van der Waals surface area (Å²) < 4.78 is 5.03. The van der Waals surface area contributed by atoms with Crippen molar-refractivity contribution in [2.75, 3.05) is 0 Å². The second-order valence-corrected chi connectivity index (χ2v) is 5.12. The summed E-state index contributed by atoms with van der Waals surface area (Å²) in [6, 6.07) is 0. The Kier molecular flexibility index (Phi) is 6.21. The van der Waals surface area contributed by atoms with Gasteiger partial charge in [0.05, 0.1) is 0 Å². The summed E-state index contributed by atoms with van der Waals surface area (Å²) in [6.45, 7) is 9.87. The highest BCUT2D eigenvalue weighted by atomic mass is 16.6. The number of aliphatic imine (C=N–C) groups is 1. The predicted octanol–water partition coefficient (Wildman–Crippen LogP) is 3.82. The lowest BCUT2D eigenvalue weighted by molar-refractivity contribution is 0.0605. The Balaban J connectivity index is 3.64. The predicted molar refractivity (Wildman–Crippen MR) is 63.4 cm³/mol. The van der Waals surface area contributed by atoms with E-state index in [1.54, 1.807) is 6.21 Å². The maximum Gasteiger partial charge on any atom is 0.433 e. The zero-order valence-corrected chi connectivity index (χ0v) is 10.5. The monoisotopic (exact) mass is 213 g/mol. The molecule has 0 radical (unpaired) electrons. The second kappa shape index (κ2) is 6.59. The van der Waals surface area contributed by atoms with Gasteiger partial charge < -0.3 is 4.74 Å². The zero-order valence-electron chi connectivity index (χ0n) is 10.5. The molecule has 0 rings (SSSR count). The van der Waals surface area contributed by atoms with E-state index in [1.807, 2.05) is 20.8 Å². The second-order valence-electron chi connectivity index (χ2n) is 5.12. The van der Waals surface area contributed by atoms with Crippen LogP contribution in [0.15, 0.2) is 4.99 Å². The first-order valence-corrected chi connectivity index (χ1v) is 5.57. The molecule has 0 bridgehead atoms. The van der Waals surface area contributed by atoms with Gasteiger partial charge >= 0.3 is 6.09 Å². The summed E-state index contributed by atoms with van der Waals surface area (Å²) in [5.74, 6) is 0.708. The van der Waals surface area contributed by atoms with Crippen LogP contribution in [0, 0.1) is 5.92 Å². The summed E-state index contributed by atoms with van der Waals surface area (Å²) in [7, 11) is 0. The van der Waals surface area contributed by atoms with Gasteiger partial charge in [0.15, 0.2) is 0 Å². The fourth-order valence-electron chi connectivity index (χ4n) is 1.04. The Bertz CT molecular complexity index is 214. The van der Waals surface area contributed by atoms with Crippen molar-refractivity contribution in [3.63, 3.8) is 0 Å². The fraction of sp³-hybridized carbons (Fsp3) is 0.833. The molecule has 88 valence electrons. The number of amides is 1. The van der Waals surface area contributed by atoms with Gasteiger partial charge in [-0.2, -0.15) is 4.99 Å². The molecule has 1 amide bonds. The van der Waals surface area contributed by atoms with Gasteiger partial charge in [0.25, 0.3) is 0 Å². The van der Waals surface area contributed by atoms with Gasteiger partial charge in [-0.25, -0.2) is 4.79 Å². The molecule has 0 atom stereocenters. The maximum absolute atomic E-state index is 11.1. The molecule has 0 spiro atoms. The number of rotatable bonds is 4. The Morgan fingerprint density at radius 2 is 2.00 bits per heavy atom. The molecule has 0 aromatic heterocycles. The molecule has 0 aliphatic rings. The van der Waals surface area contributed by atoms with Crippen LogP contribution in [0.1, 0.15) is 53.9 Å². The van der Waals surface area contributed by atoms with Crippen molar-refractivity contribution in [1.82, 2.24) is 0 Å². The van der Waals surface area contributed by atoms with E-state index in [1.165, 1.54) is 6.42 Å². The molecule has 0 N–H and O–H groups in total. The average Bonchev–Trinajstić information content (AvgIpc) is 1.99. The first-order chi connectivity index (χ1) is 6.81. The van der Waals surface area contributed by atoms with E-state index in [0.717, 1.165) is 12.8 Å². The van der Waals surface area contributed by atoms with Crippen molar-refractivity contribution in [2.45, 2.75) is 59.5 Å². The van der Waals surface area contributed by atoms with Crippen LogP contribution >= 0.6 is 0 Å². The molecule has 0 fully saturated rings. The Hall–Kier alpha value is -0.860. The van der Waals surface area contributed by atoms with Crippen LogP contribution < -0.4 is 0 Å². The van der Waals surface area contributed by atoms with Crippen LogP contribution in [0.3, 0.4) is 0 Å². The molecule has 0 aliphatic heterocycles. The van der Waals surface area contributed by atoms with Gasteiger partial charge in [0.1, 0.15) is 5.60 Å². The van der Waals surface area contributed by atoms with Gasteiger partial charge in [0.2, 0.25) is 0 Å². The van der Waals surface area contributed by atoms with Gasteiger partial charge in [-0.3, -0.25) is 0 Å². The lowest BCUT2D eigenvalue weighted by atomic mass is 10.1. The van der Waals surface area contributed by atoms with E-state index in [0.29, 0.717) is 5.92 Å². The summed E-state index contributed by atoms with van der Waals surface area (Å²) in [5, 5.41) is 0. The van der Waals surface area contributed by atoms with Crippen molar-refractivity contribution in [1.29, 1.82) is 0 Å². The Morgan fingerprint density at radius 1 is 1.40 bits per heavy atom. The fourth-order valence-corrected chi connectivity index (χ4v) is 1.04. The van der Waals surface area contributed by atoms with Crippen molar-refractivity contribution in [3.05, 3.63) is 0 Å². The topological polar surface area (TPSA) is 38.7 Å². The van der Waals surface area contributed by atoms with Crippen molar-refractivity contribution >= 4 is 12.3 Å². The minimum absolute atomic E-state index is 0.452. The lowest BCUT2D eigenvalue weighted by Crippen LogP contribution is -2.21. The molecular formula is C12H23NO2. The van der Waals surface area contributed by atoms with Crippen LogP contribution in [0.5, 0.6) is 0 Å². The van der Waals surface area contributed by atoms with Crippen LogP contribution in [-0.2, 0) is 4.74 Å². The van der Waals surface area contributed by atoms with E-state index in [4.69, 9.17) is 4.74 Å². The maximum atomic E-state index is 11.1. The normalized spacial score (nSPS) is 12.4. The van der Waals surface area contributed by atoms with Crippen LogP contribution in [0.4, 0.5) is 4.79 Å². The standard InChI is InChI=1S/C12H23NO2/c1-10(2)8-6-7-9-13-11(14)15-12(3,4)5/h9-10H,6-8H2,1-5H3. The van der Waals surface area contributed by atoms with E-state index in [-0.39, 0.29) is 0 Å². The molecule has 0 saturated carbocycles. The number of carbonyl (C=O) groups is 1. The van der Waals surface area contributed by atoms with Crippen molar-refractivity contribution in [2.24, 2.45) is 10.9 Å². The third-order valence-electron chi connectivity index (χ3n) is 1.70. The molecule has 0 aliphatic carbocycles. The molecule has 0 saturated heterocycles. The lowest BCUT2D eigenvalue weighted by Gasteiger charge is -2.17. The highest BCUT2D eigenvalue weighted by Crippen LogP contribution is 2.08. The molecule has 3 heteroatoms. The summed E-state index contributed by atoms with van der Waals surface area (Å²) in [5.41, 5.74) is -0.452. The smallest absolute Gasteiger partial charge is 0.433 e. The zero-order chi connectivity index (χ0) is 11.9. The molecule has 0 heterocycles. The first kappa shape index (κ1) is 14.1. The number of hydrogen-bond donors (Lipinski definition) is 0. The third kappa shape index (κ3) is 11.1. The molecule has 3 nitrogen and oxygen atoms in total. The number of hydrogen-bond acceptors (Lipinski definition) is 2. The van der Waals surface area contributed by atoms with Gasteiger partial charge in [0, 0.05) is 6.21 Å². The van der Waals surface area contributed by atoms with E-state index >= 15 is 0 Å². The molecule has 0 aromatic carbocycles. The number of ether oxygens (including phenoxy) is 1. The average molecular weight is 213 g/mol. The number of carbonyl (C=O) groups excluding carboxylic acids is 1. The van der Waals surface area contributed by atoms with Crippen LogP contribution in [0.25, 0.3) is 0 Å². The molecule has 15 heavy (non-hydrogen) atoms. The Morgan fingerprint density at radius 3 is 2.47 bits per heavy atom. The third-order valence-corrected chi connectivity index (χ3v) is 1.70. The van der Waals surface area contributed by atoms with E-state index in [9.17, 15) is 4.79 Å². The highest BCUT2D eigenvalue weighted by molar-refractivity contribution is 5.79. The summed E-state index contributed by atoms with van der Waals surface area (Å²) >= 11 is 0. The van der Waals surface area contributed by atoms with Gasteiger partial charge in [-0.05, 0) is 39.5 Å². The van der Waals surface area contributed by atoms with Crippen LogP contribution in [-0.4, -0.2) is 17.9 Å². The molecule has 0 aromatic rings. The van der Waals surface area contributed by atoms with Crippen molar-refractivity contribution < 1.29 is 9.53 Å². The minimum atomic E-state index is -0.493.